The highest BCUT2D eigenvalue weighted by atomic mass is 32.1. The van der Waals surface area contributed by atoms with Gasteiger partial charge >= 0.3 is 5.00 Å². The molecule has 1 N–H and O–H groups in total. The van der Waals surface area contributed by atoms with Crippen molar-refractivity contribution < 1.29 is 9.72 Å². The van der Waals surface area contributed by atoms with Crippen molar-refractivity contribution in [3.8, 4) is 0 Å². The Hall–Kier alpha value is -1.47. The number of amides is 1. The van der Waals surface area contributed by atoms with Crippen LogP contribution in [0.25, 0.3) is 0 Å². The standard InChI is InChI=1S/C14H19N3O3S/c18-14(12-6-7-13(21-12)17(19)20)16(11-4-5-11)9-10-3-1-2-8-15-10/h6-7,10-11,15H,1-5,8-9H2. The van der Waals surface area contributed by atoms with Gasteiger partial charge in [-0.05, 0) is 38.3 Å². The lowest BCUT2D eigenvalue weighted by molar-refractivity contribution is -0.380. The third-order valence-electron chi connectivity index (χ3n) is 4.06. The Balaban J connectivity index is 1.70. The van der Waals surface area contributed by atoms with Crippen LogP contribution in [-0.4, -0.2) is 40.9 Å². The molecule has 1 saturated carbocycles. The fourth-order valence-corrected chi connectivity index (χ4v) is 3.56. The smallest absolute Gasteiger partial charge is 0.324 e. The quantitative estimate of drug-likeness (QED) is 0.669. The van der Waals surface area contributed by atoms with Crippen LogP contribution in [0, 0.1) is 10.1 Å². The number of hydrogen-bond acceptors (Lipinski definition) is 5. The molecule has 0 spiro atoms. The molecule has 0 aromatic carbocycles. The van der Waals surface area contributed by atoms with Crippen LogP contribution in [-0.2, 0) is 0 Å². The molecule has 1 unspecified atom stereocenters. The molecule has 3 rings (SSSR count). The van der Waals surface area contributed by atoms with Crippen molar-refractivity contribution >= 4 is 22.2 Å². The Labute approximate surface area is 127 Å². The van der Waals surface area contributed by atoms with E-state index >= 15 is 0 Å². The number of nitrogens with one attached hydrogen (secondary N) is 1. The third kappa shape index (κ3) is 3.41. The van der Waals surface area contributed by atoms with E-state index in [0.717, 1.165) is 43.7 Å². The maximum absolute atomic E-state index is 12.6. The normalized spacial score (nSPS) is 22.0. The van der Waals surface area contributed by atoms with Crippen molar-refractivity contribution in [1.82, 2.24) is 10.2 Å². The van der Waals surface area contributed by atoms with E-state index in [9.17, 15) is 14.9 Å². The number of nitrogens with zero attached hydrogens (tertiary/aromatic N) is 2. The molecule has 2 aliphatic rings. The maximum Gasteiger partial charge on any atom is 0.324 e. The predicted octanol–water partition coefficient (Wildman–Crippen LogP) is 2.40. The maximum atomic E-state index is 12.6. The van der Waals surface area contributed by atoms with Gasteiger partial charge in [0.1, 0.15) is 0 Å². The van der Waals surface area contributed by atoms with Gasteiger partial charge in [-0.15, -0.1) is 0 Å². The van der Waals surface area contributed by atoms with Gasteiger partial charge in [-0.3, -0.25) is 14.9 Å². The zero-order valence-corrected chi connectivity index (χ0v) is 12.6. The van der Waals surface area contributed by atoms with E-state index in [1.165, 1.54) is 18.9 Å². The Kier molecular flexibility index (Phi) is 4.21. The summed E-state index contributed by atoms with van der Waals surface area (Å²) in [6, 6.07) is 3.68. The number of carbonyl (C=O) groups is 1. The average molecular weight is 309 g/mol. The van der Waals surface area contributed by atoms with Crippen molar-refractivity contribution in [2.24, 2.45) is 0 Å². The van der Waals surface area contributed by atoms with Gasteiger partial charge in [0.25, 0.3) is 5.91 Å². The summed E-state index contributed by atoms with van der Waals surface area (Å²) in [5.41, 5.74) is 0. The number of thiophene rings is 1. The van der Waals surface area contributed by atoms with Gasteiger partial charge in [-0.1, -0.05) is 17.8 Å². The summed E-state index contributed by atoms with van der Waals surface area (Å²) in [4.78, 5) is 25.3. The Morgan fingerprint density at radius 1 is 1.38 bits per heavy atom. The molecule has 1 saturated heterocycles. The highest BCUT2D eigenvalue weighted by Crippen LogP contribution is 2.32. The van der Waals surface area contributed by atoms with Crippen molar-refractivity contribution in [2.75, 3.05) is 13.1 Å². The van der Waals surface area contributed by atoms with E-state index in [4.69, 9.17) is 0 Å². The summed E-state index contributed by atoms with van der Waals surface area (Å²) in [5.74, 6) is -0.0528. The summed E-state index contributed by atoms with van der Waals surface area (Å²) in [7, 11) is 0. The molecule has 7 heteroatoms. The second-order valence-corrected chi connectivity index (χ2v) is 6.79. The lowest BCUT2D eigenvalue weighted by Crippen LogP contribution is -2.46. The summed E-state index contributed by atoms with van der Waals surface area (Å²) >= 11 is 0.974. The Morgan fingerprint density at radius 3 is 2.76 bits per heavy atom. The van der Waals surface area contributed by atoms with Crippen molar-refractivity contribution in [3.63, 3.8) is 0 Å². The second kappa shape index (κ2) is 6.11. The molecule has 6 nitrogen and oxygen atoms in total. The molecule has 1 aliphatic heterocycles. The topological polar surface area (TPSA) is 75.5 Å². The minimum Gasteiger partial charge on any atom is -0.333 e. The first-order valence-electron chi connectivity index (χ1n) is 7.44. The van der Waals surface area contributed by atoms with E-state index in [2.05, 4.69) is 5.32 Å². The summed E-state index contributed by atoms with van der Waals surface area (Å²) in [6.45, 7) is 1.73. The van der Waals surface area contributed by atoms with Gasteiger partial charge in [0.15, 0.2) is 0 Å². The van der Waals surface area contributed by atoms with Crippen LogP contribution in [0.3, 0.4) is 0 Å². The number of rotatable bonds is 5. The average Bonchev–Trinajstić information content (AvgIpc) is 3.20. The Bertz CT molecular complexity index is 535. The van der Waals surface area contributed by atoms with Crippen LogP contribution in [0.4, 0.5) is 5.00 Å². The lowest BCUT2D eigenvalue weighted by Gasteiger charge is -2.30. The molecular weight excluding hydrogens is 290 g/mol. The molecule has 0 radical (unpaired) electrons. The summed E-state index contributed by atoms with van der Waals surface area (Å²) in [6.07, 6.45) is 5.60. The van der Waals surface area contributed by atoms with Crippen molar-refractivity contribution in [3.05, 3.63) is 27.1 Å². The van der Waals surface area contributed by atoms with Crippen LogP contribution < -0.4 is 5.32 Å². The van der Waals surface area contributed by atoms with E-state index < -0.39 is 4.92 Å². The van der Waals surface area contributed by atoms with Crippen LogP contribution in [0.15, 0.2) is 12.1 Å². The minimum absolute atomic E-state index is 0.0323. The van der Waals surface area contributed by atoms with Gasteiger partial charge in [0.2, 0.25) is 0 Å². The van der Waals surface area contributed by atoms with Crippen molar-refractivity contribution in [1.29, 1.82) is 0 Å². The van der Waals surface area contributed by atoms with Crippen LogP contribution in [0.1, 0.15) is 41.8 Å². The first-order chi connectivity index (χ1) is 10.1. The molecule has 1 aromatic rings. The molecule has 1 aliphatic carbocycles. The van der Waals surface area contributed by atoms with Crippen LogP contribution in [0.2, 0.25) is 0 Å². The molecule has 21 heavy (non-hydrogen) atoms. The first-order valence-corrected chi connectivity index (χ1v) is 8.25. The molecule has 2 fully saturated rings. The highest BCUT2D eigenvalue weighted by Gasteiger charge is 2.35. The number of hydrogen-bond donors (Lipinski definition) is 1. The van der Waals surface area contributed by atoms with Gasteiger partial charge in [0.05, 0.1) is 9.80 Å². The van der Waals surface area contributed by atoms with E-state index in [-0.39, 0.29) is 10.9 Å². The zero-order chi connectivity index (χ0) is 14.8. The summed E-state index contributed by atoms with van der Waals surface area (Å²) in [5, 5.41) is 14.2. The molecule has 2 heterocycles. The number of nitro groups is 1. The molecular formula is C14H19N3O3S. The molecule has 1 atom stereocenters. The van der Waals surface area contributed by atoms with Crippen LogP contribution in [0.5, 0.6) is 0 Å². The number of carbonyl (C=O) groups excluding carboxylic acids is 1. The molecule has 114 valence electrons. The first kappa shape index (κ1) is 14.5. The predicted molar refractivity (Wildman–Crippen MR) is 80.7 cm³/mol. The van der Waals surface area contributed by atoms with Gasteiger partial charge in [-0.2, -0.15) is 0 Å². The fourth-order valence-electron chi connectivity index (χ4n) is 2.78. The van der Waals surface area contributed by atoms with Crippen LogP contribution >= 0.6 is 11.3 Å². The summed E-state index contributed by atoms with van der Waals surface area (Å²) < 4.78 is 0. The van der Waals surface area contributed by atoms with Gasteiger partial charge in [-0.25, -0.2) is 0 Å². The fraction of sp³-hybridized carbons (Fsp3) is 0.643. The minimum atomic E-state index is -0.439. The highest BCUT2D eigenvalue weighted by molar-refractivity contribution is 7.17. The molecule has 0 bridgehead atoms. The van der Waals surface area contributed by atoms with Crippen molar-refractivity contribution in [2.45, 2.75) is 44.2 Å². The number of piperidine rings is 1. The molecule has 1 amide bonds. The van der Waals surface area contributed by atoms with E-state index in [1.54, 1.807) is 6.07 Å². The Morgan fingerprint density at radius 2 is 2.19 bits per heavy atom. The largest absolute Gasteiger partial charge is 0.333 e. The van der Waals surface area contributed by atoms with E-state index in [1.807, 2.05) is 4.90 Å². The van der Waals surface area contributed by atoms with Gasteiger partial charge < -0.3 is 10.2 Å². The molecule has 1 aromatic heterocycles. The van der Waals surface area contributed by atoms with E-state index in [0.29, 0.717) is 17.0 Å². The lowest BCUT2D eigenvalue weighted by atomic mass is 10.0. The third-order valence-corrected chi connectivity index (χ3v) is 5.09. The zero-order valence-electron chi connectivity index (χ0n) is 11.8. The monoisotopic (exact) mass is 309 g/mol. The SMILES string of the molecule is O=C(c1ccc([N+](=O)[O-])s1)N(CC1CCCCN1)C1CC1. The second-order valence-electron chi connectivity index (χ2n) is 5.73. The van der Waals surface area contributed by atoms with Gasteiger partial charge in [0, 0.05) is 24.7 Å².